The Morgan fingerprint density at radius 1 is 1.33 bits per heavy atom. The number of hydrogen-bond acceptors (Lipinski definition) is 4. The first-order valence-electron chi connectivity index (χ1n) is 8.03. The summed E-state index contributed by atoms with van der Waals surface area (Å²) in [4.78, 5) is 5.02. The summed E-state index contributed by atoms with van der Waals surface area (Å²) in [5.41, 5.74) is 6.77. The van der Waals surface area contributed by atoms with E-state index in [0.717, 1.165) is 30.9 Å². The molecule has 4 heteroatoms. The van der Waals surface area contributed by atoms with Gasteiger partial charge in [-0.2, -0.15) is 0 Å². The fourth-order valence-corrected chi connectivity index (χ4v) is 2.97. The van der Waals surface area contributed by atoms with Crippen LogP contribution in [0.2, 0.25) is 0 Å². The molecule has 1 heterocycles. The average molecular weight is 291 g/mol. The van der Waals surface area contributed by atoms with Gasteiger partial charge in [0.2, 0.25) is 0 Å². The van der Waals surface area contributed by atoms with Gasteiger partial charge >= 0.3 is 0 Å². The maximum atomic E-state index is 5.83. The van der Waals surface area contributed by atoms with Crippen molar-refractivity contribution in [1.29, 1.82) is 0 Å². The van der Waals surface area contributed by atoms with Gasteiger partial charge in [0.05, 0.1) is 6.61 Å². The quantitative estimate of drug-likeness (QED) is 0.813. The molecule has 2 rings (SSSR count). The van der Waals surface area contributed by atoms with Crippen molar-refractivity contribution in [2.24, 2.45) is 5.73 Å². The van der Waals surface area contributed by atoms with E-state index in [1.807, 2.05) is 24.3 Å². The Hall–Kier alpha value is -1.10. The molecule has 1 aliphatic heterocycles. The molecule has 0 radical (unpaired) electrons. The van der Waals surface area contributed by atoms with E-state index in [1.54, 1.807) is 0 Å². The summed E-state index contributed by atoms with van der Waals surface area (Å²) in [7, 11) is 2.22. The zero-order valence-electron chi connectivity index (χ0n) is 13.4. The van der Waals surface area contributed by atoms with Gasteiger partial charge in [0.15, 0.2) is 0 Å². The fourth-order valence-electron chi connectivity index (χ4n) is 2.97. The van der Waals surface area contributed by atoms with E-state index in [4.69, 9.17) is 10.5 Å². The van der Waals surface area contributed by atoms with Crippen molar-refractivity contribution in [3.8, 4) is 5.75 Å². The van der Waals surface area contributed by atoms with Crippen molar-refractivity contribution in [2.75, 3.05) is 39.8 Å². The van der Waals surface area contributed by atoms with Gasteiger partial charge in [-0.15, -0.1) is 0 Å². The lowest BCUT2D eigenvalue weighted by Gasteiger charge is -2.27. The van der Waals surface area contributed by atoms with Crippen LogP contribution in [0.15, 0.2) is 24.3 Å². The van der Waals surface area contributed by atoms with Crippen molar-refractivity contribution in [3.05, 3.63) is 29.8 Å². The standard InChI is InChI=1S/C17H29N3O/c1-15-14-19(2)8-4-9-20(15)10-5-11-21-17-7-3-6-16(12-17)13-18/h3,6-7,12,15H,4-5,8-11,13-14,18H2,1-2H3. The van der Waals surface area contributed by atoms with E-state index in [-0.39, 0.29) is 0 Å². The lowest BCUT2D eigenvalue weighted by Crippen LogP contribution is -2.38. The Bertz CT molecular complexity index is 424. The van der Waals surface area contributed by atoms with Gasteiger partial charge in [-0.05, 0) is 57.6 Å². The second-order valence-corrected chi connectivity index (χ2v) is 6.05. The molecule has 0 aliphatic carbocycles. The molecule has 21 heavy (non-hydrogen) atoms. The fraction of sp³-hybridized carbons (Fsp3) is 0.647. The van der Waals surface area contributed by atoms with Crippen LogP contribution in [0.5, 0.6) is 5.75 Å². The van der Waals surface area contributed by atoms with Crippen LogP contribution < -0.4 is 10.5 Å². The van der Waals surface area contributed by atoms with Gasteiger partial charge in [0, 0.05) is 25.7 Å². The molecule has 1 saturated heterocycles. The molecule has 0 bridgehead atoms. The van der Waals surface area contributed by atoms with Crippen LogP contribution in [0.25, 0.3) is 0 Å². The van der Waals surface area contributed by atoms with Crippen LogP contribution in [-0.2, 0) is 6.54 Å². The van der Waals surface area contributed by atoms with Gasteiger partial charge in [-0.1, -0.05) is 12.1 Å². The average Bonchev–Trinajstić information content (AvgIpc) is 2.64. The molecule has 1 atom stereocenters. The number of benzene rings is 1. The predicted octanol–water partition coefficient (Wildman–Crippen LogP) is 1.94. The first-order valence-corrected chi connectivity index (χ1v) is 8.03. The third kappa shape index (κ3) is 5.30. The topological polar surface area (TPSA) is 41.7 Å². The largest absolute Gasteiger partial charge is 0.494 e. The molecule has 118 valence electrons. The molecular weight excluding hydrogens is 262 g/mol. The highest BCUT2D eigenvalue weighted by Crippen LogP contribution is 2.14. The minimum atomic E-state index is 0.565. The Balaban J connectivity index is 1.71. The SMILES string of the molecule is CC1CN(C)CCCN1CCCOc1cccc(CN)c1. The van der Waals surface area contributed by atoms with Crippen LogP contribution in [0.4, 0.5) is 0 Å². The molecule has 2 N–H and O–H groups in total. The smallest absolute Gasteiger partial charge is 0.119 e. The molecule has 0 aromatic heterocycles. The van der Waals surface area contributed by atoms with Crippen molar-refractivity contribution in [1.82, 2.24) is 9.80 Å². The lowest BCUT2D eigenvalue weighted by molar-refractivity contribution is 0.185. The Morgan fingerprint density at radius 3 is 3.00 bits per heavy atom. The molecule has 1 unspecified atom stereocenters. The number of ether oxygens (including phenoxy) is 1. The second kappa shape index (κ2) is 8.37. The van der Waals surface area contributed by atoms with Crippen molar-refractivity contribution in [3.63, 3.8) is 0 Å². The van der Waals surface area contributed by atoms with Crippen LogP contribution in [-0.4, -0.2) is 55.7 Å². The molecule has 1 fully saturated rings. The Kier molecular flexibility index (Phi) is 6.49. The minimum absolute atomic E-state index is 0.565. The molecule has 1 aromatic rings. The molecule has 0 spiro atoms. The number of hydrogen-bond donors (Lipinski definition) is 1. The molecule has 0 saturated carbocycles. The highest BCUT2D eigenvalue weighted by atomic mass is 16.5. The van der Waals surface area contributed by atoms with E-state index in [0.29, 0.717) is 12.6 Å². The number of rotatable bonds is 6. The first-order chi connectivity index (χ1) is 10.2. The van der Waals surface area contributed by atoms with Gasteiger partial charge in [0.25, 0.3) is 0 Å². The van der Waals surface area contributed by atoms with Crippen LogP contribution in [0.3, 0.4) is 0 Å². The third-order valence-corrected chi connectivity index (χ3v) is 4.18. The molecular formula is C17H29N3O. The van der Waals surface area contributed by atoms with E-state index >= 15 is 0 Å². The zero-order valence-corrected chi connectivity index (χ0v) is 13.4. The summed E-state index contributed by atoms with van der Waals surface area (Å²) < 4.78 is 5.83. The Labute approximate surface area is 128 Å². The van der Waals surface area contributed by atoms with Gasteiger partial charge in [-0.25, -0.2) is 0 Å². The van der Waals surface area contributed by atoms with Crippen molar-refractivity contribution >= 4 is 0 Å². The van der Waals surface area contributed by atoms with Crippen LogP contribution in [0, 0.1) is 0 Å². The lowest BCUT2D eigenvalue weighted by atomic mass is 10.2. The zero-order chi connectivity index (χ0) is 15.1. The number of nitrogens with two attached hydrogens (primary N) is 1. The highest BCUT2D eigenvalue weighted by Gasteiger charge is 2.18. The first kappa shape index (κ1) is 16.3. The number of nitrogens with zero attached hydrogens (tertiary/aromatic N) is 2. The van der Waals surface area contributed by atoms with Gasteiger partial charge < -0.3 is 15.4 Å². The summed E-state index contributed by atoms with van der Waals surface area (Å²) in [6, 6.07) is 8.71. The molecule has 1 aliphatic rings. The summed E-state index contributed by atoms with van der Waals surface area (Å²) >= 11 is 0. The number of likely N-dealkylation sites (N-methyl/N-ethyl adjacent to an activating group) is 1. The van der Waals surface area contributed by atoms with E-state index in [2.05, 4.69) is 23.8 Å². The van der Waals surface area contributed by atoms with E-state index in [1.165, 1.54) is 26.1 Å². The summed E-state index contributed by atoms with van der Waals surface area (Å²) in [6.07, 6.45) is 2.33. The second-order valence-electron chi connectivity index (χ2n) is 6.05. The van der Waals surface area contributed by atoms with Gasteiger partial charge in [-0.3, -0.25) is 4.90 Å². The minimum Gasteiger partial charge on any atom is -0.494 e. The maximum absolute atomic E-state index is 5.83. The Morgan fingerprint density at radius 2 is 2.19 bits per heavy atom. The van der Waals surface area contributed by atoms with E-state index < -0.39 is 0 Å². The van der Waals surface area contributed by atoms with Crippen LogP contribution >= 0.6 is 0 Å². The predicted molar refractivity (Wildman–Crippen MR) is 87.6 cm³/mol. The highest BCUT2D eigenvalue weighted by molar-refractivity contribution is 5.28. The van der Waals surface area contributed by atoms with Crippen LogP contribution in [0.1, 0.15) is 25.3 Å². The normalized spacial score (nSPS) is 21.2. The molecule has 1 aromatic carbocycles. The van der Waals surface area contributed by atoms with Gasteiger partial charge in [0.1, 0.15) is 5.75 Å². The third-order valence-electron chi connectivity index (χ3n) is 4.18. The molecule has 0 amide bonds. The summed E-state index contributed by atoms with van der Waals surface area (Å²) in [6.45, 7) is 8.36. The monoisotopic (exact) mass is 291 g/mol. The van der Waals surface area contributed by atoms with E-state index in [9.17, 15) is 0 Å². The summed E-state index contributed by atoms with van der Waals surface area (Å²) in [5.74, 6) is 0.932. The maximum Gasteiger partial charge on any atom is 0.119 e. The summed E-state index contributed by atoms with van der Waals surface area (Å²) in [5, 5.41) is 0. The molecule has 4 nitrogen and oxygen atoms in total. The van der Waals surface area contributed by atoms with Crippen molar-refractivity contribution in [2.45, 2.75) is 32.4 Å². The van der Waals surface area contributed by atoms with Crippen molar-refractivity contribution < 1.29 is 4.74 Å².